The Balaban J connectivity index is 2.67. The molecule has 0 fully saturated rings. The van der Waals surface area contributed by atoms with Crippen molar-refractivity contribution in [2.24, 2.45) is 5.41 Å². The van der Waals surface area contributed by atoms with Gasteiger partial charge in [-0.05, 0) is 37.2 Å². The largest absolute Gasteiger partial charge is 0.497 e. The topological polar surface area (TPSA) is 41.6 Å². The van der Waals surface area contributed by atoms with Crippen molar-refractivity contribution in [1.29, 1.82) is 0 Å². The van der Waals surface area contributed by atoms with Crippen LogP contribution in [0.15, 0.2) is 24.3 Å². The van der Waals surface area contributed by atoms with Crippen LogP contribution in [0.5, 0.6) is 5.75 Å². The lowest BCUT2D eigenvalue weighted by atomic mass is 9.92. The average molecular weight is 292 g/mol. The van der Waals surface area contributed by atoms with Gasteiger partial charge >= 0.3 is 0 Å². The minimum atomic E-state index is 0.0117. The normalized spacial score (nSPS) is 13.1. The van der Waals surface area contributed by atoms with E-state index in [4.69, 9.17) is 4.74 Å². The maximum Gasteiger partial charge on any atom is 0.220 e. The van der Waals surface area contributed by atoms with Crippen molar-refractivity contribution in [3.8, 4) is 5.75 Å². The molecule has 0 bridgehead atoms. The first kappa shape index (κ1) is 17.5. The van der Waals surface area contributed by atoms with E-state index in [1.807, 2.05) is 38.4 Å². The molecule has 0 aliphatic carbocycles. The zero-order chi connectivity index (χ0) is 16.0. The second-order valence-electron chi connectivity index (χ2n) is 6.79. The molecular weight excluding hydrogens is 264 g/mol. The molecule has 4 heteroatoms. The van der Waals surface area contributed by atoms with Crippen LogP contribution in [-0.2, 0) is 4.79 Å². The highest BCUT2D eigenvalue weighted by molar-refractivity contribution is 5.76. The number of benzene rings is 1. The fourth-order valence-corrected chi connectivity index (χ4v) is 2.18. The minimum absolute atomic E-state index is 0.0117. The van der Waals surface area contributed by atoms with Gasteiger partial charge in [0.15, 0.2) is 0 Å². The number of amides is 1. The number of likely N-dealkylation sites (N-methyl/N-ethyl adjacent to an activating group) is 1. The number of hydrogen-bond acceptors (Lipinski definition) is 3. The van der Waals surface area contributed by atoms with Crippen molar-refractivity contribution >= 4 is 5.91 Å². The van der Waals surface area contributed by atoms with E-state index in [1.54, 1.807) is 7.11 Å². The van der Waals surface area contributed by atoms with E-state index >= 15 is 0 Å². The summed E-state index contributed by atoms with van der Waals surface area (Å²) in [5.41, 5.74) is 1.18. The third-order valence-electron chi connectivity index (χ3n) is 3.31. The fourth-order valence-electron chi connectivity index (χ4n) is 2.18. The molecule has 1 aromatic rings. The molecule has 1 unspecified atom stereocenters. The Morgan fingerprint density at radius 2 is 1.81 bits per heavy atom. The first-order chi connectivity index (χ1) is 9.73. The number of methoxy groups -OCH3 is 1. The molecule has 1 amide bonds. The van der Waals surface area contributed by atoms with Gasteiger partial charge in [0.05, 0.1) is 13.2 Å². The summed E-state index contributed by atoms with van der Waals surface area (Å²) in [4.78, 5) is 14.1. The number of ether oxygens (including phenoxy) is 1. The van der Waals surface area contributed by atoms with E-state index in [2.05, 4.69) is 31.0 Å². The van der Waals surface area contributed by atoms with Gasteiger partial charge in [0.2, 0.25) is 5.91 Å². The Morgan fingerprint density at radius 3 is 2.24 bits per heavy atom. The summed E-state index contributed by atoms with van der Waals surface area (Å²) in [5, 5.41) is 3.04. The standard InChI is InChI=1S/C17H28N2O2/c1-17(2,3)11-16(20)18-12-15(19(4)5)13-7-9-14(21-6)10-8-13/h7-10,15H,11-12H2,1-6H3,(H,18,20). The molecule has 0 aromatic heterocycles. The van der Waals surface area contributed by atoms with Gasteiger partial charge in [-0.2, -0.15) is 0 Å². The summed E-state index contributed by atoms with van der Waals surface area (Å²) >= 11 is 0. The number of hydrogen-bond donors (Lipinski definition) is 1. The van der Waals surface area contributed by atoms with Crippen LogP contribution in [0.25, 0.3) is 0 Å². The Hall–Kier alpha value is -1.55. The number of carbonyl (C=O) groups is 1. The van der Waals surface area contributed by atoms with Gasteiger partial charge in [0.25, 0.3) is 0 Å². The summed E-state index contributed by atoms with van der Waals surface area (Å²) in [7, 11) is 5.70. The van der Waals surface area contributed by atoms with Crippen LogP contribution in [0, 0.1) is 5.41 Å². The Kier molecular flexibility index (Phi) is 6.21. The van der Waals surface area contributed by atoms with Crippen LogP contribution >= 0.6 is 0 Å². The SMILES string of the molecule is COc1ccc(C(CNC(=O)CC(C)(C)C)N(C)C)cc1. The highest BCUT2D eigenvalue weighted by atomic mass is 16.5. The van der Waals surface area contributed by atoms with Gasteiger partial charge in [-0.25, -0.2) is 0 Å². The molecule has 1 rings (SSSR count). The molecule has 0 spiro atoms. The number of rotatable bonds is 6. The highest BCUT2D eigenvalue weighted by Gasteiger charge is 2.19. The van der Waals surface area contributed by atoms with Crippen LogP contribution in [0.1, 0.15) is 38.8 Å². The zero-order valence-electron chi connectivity index (χ0n) is 14.1. The number of nitrogens with zero attached hydrogens (tertiary/aromatic N) is 1. The molecule has 0 aliphatic rings. The van der Waals surface area contributed by atoms with Gasteiger partial charge in [-0.1, -0.05) is 32.9 Å². The van der Waals surface area contributed by atoms with E-state index in [-0.39, 0.29) is 17.4 Å². The lowest BCUT2D eigenvalue weighted by Crippen LogP contribution is -2.35. The van der Waals surface area contributed by atoms with Gasteiger partial charge in [0.1, 0.15) is 5.75 Å². The molecular formula is C17H28N2O2. The molecule has 0 aliphatic heterocycles. The lowest BCUT2D eigenvalue weighted by Gasteiger charge is -2.26. The van der Waals surface area contributed by atoms with Gasteiger partial charge in [-0.3, -0.25) is 4.79 Å². The van der Waals surface area contributed by atoms with Crippen molar-refractivity contribution in [2.45, 2.75) is 33.2 Å². The van der Waals surface area contributed by atoms with Crippen LogP contribution in [0.3, 0.4) is 0 Å². The number of carbonyl (C=O) groups excluding carboxylic acids is 1. The van der Waals surface area contributed by atoms with Crippen LogP contribution in [-0.4, -0.2) is 38.6 Å². The summed E-state index contributed by atoms with van der Waals surface area (Å²) < 4.78 is 5.18. The summed E-state index contributed by atoms with van der Waals surface area (Å²) in [5.74, 6) is 0.941. The van der Waals surface area contributed by atoms with Crippen molar-refractivity contribution in [3.63, 3.8) is 0 Å². The molecule has 1 atom stereocenters. The highest BCUT2D eigenvalue weighted by Crippen LogP contribution is 2.21. The Morgan fingerprint density at radius 1 is 1.24 bits per heavy atom. The maximum atomic E-state index is 12.0. The smallest absolute Gasteiger partial charge is 0.220 e. The monoisotopic (exact) mass is 292 g/mol. The van der Waals surface area contributed by atoms with Gasteiger partial charge in [0, 0.05) is 13.0 Å². The van der Waals surface area contributed by atoms with Crippen molar-refractivity contribution in [2.75, 3.05) is 27.7 Å². The predicted octanol–water partition coefficient (Wildman–Crippen LogP) is 2.85. The van der Waals surface area contributed by atoms with E-state index in [9.17, 15) is 4.79 Å². The first-order valence-electron chi connectivity index (χ1n) is 7.30. The van der Waals surface area contributed by atoms with Crippen LogP contribution in [0.4, 0.5) is 0 Å². The van der Waals surface area contributed by atoms with E-state index in [0.717, 1.165) is 11.3 Å². The molecule has 0 saturated carbocycles. The average Bonchev–Trinajstić information content (AvgIpc) is 2.37. The van der Waals surface area contributed by atoms with Crippen molar-refractivity contribution in [3.05, 3.63) is 29.8 Å². The third kappa shape index (κ3) is 6.17. The molecule has 0 radical (unpaired) electrons. The molecule has 118 valence electrons. The summed E-state index contributed by atoms with van der Waals surface area (Å²) in [6.07, 6.45) is 0.537. The second kappa shape index (κ2) is 7.46. The Labute approximate surface area is 128 Å². The zero-order valence-corrected chi connectivity index (χ0v) is 14.1. The lowest BCUT2D eigenvalue weighted by molar-refractivity contribution is -0.123. The van der Waals surface area contributed by atoms with Gasteiger partial charge < -0.3 is 15.0 Å². The molecule has 21 heavy (non-hydrogen) atoms. The fraction of sp³-hybridized carbons (Fsp3) is 0.588. The van der Waals surface area contributed by atoms with Crippen molar-refractivity contribution in [1.82, 2.24) is 10.2 Å². The molecule has 1 aromatic carbocycles. The minimum Gasteiger partial charge on any atom is -0.497 e. The van der Waals surface area contributed by atoms with Crippen LogP contribution < -0.4 is 10.1 Å². The third-order valence-corrected chi connectivity index (χ3v) is 3.31. The summed E-state index contributed by atoms with van der Waals surface area (Å²) in [6, 6.07) is 8.13. The van der Waals surface area contributed by atoms with Crippen molar-refractivity contribution < 1.29 is 9.53 Å². The molecule has 4 nitrogen and oxygen atoms in total. The molecule has 0 saturated heterocycles. The number of nitrogens with one attached hydrogen (secondary N) is 1. The van der Waals surface area contributed by atoms with Gasteiger partial charge in [-0.15, -0.1) is 0 Å². The van der Waals surface area contributed by atoms with E-state index < -0.39 is 0 Å². The summed E-state index contributed by atoms with van der Waals surface area (Å²) in [6.45, 7) is 6.81. The molecule has 0 heterocycles. The van der Waals surface area contributed by atoms with E-state index in [1.165, 1.54) is 0 Å². The predicted molar refractivity (Wildman–Crippen MR) is 86.5 cm³/mol. The maximum absolute atomic E-state index is 12.0. The molecule has 1 N–H and O–H groups in total. The van der Waals surface area contributed by atoms with Crippen LogP contribution in [0.2, 0.25) is 0 Å². The quantitative estimate of drug-likeness (QED) is 0.876. The first-order valence-corrected chi connectivity index (χ1v) is 7.30. The second-order valence-corrected chi connectivity index (χ2v) is 6.79. The Bertz CT molecular complexity index is 447. The van der Waals surface area contributed by atoms with E-state index in [0.29, 0.717) is 13.0 Å².